The number of carbonyl (C=O) groups excluding carboxylic acids is 2. The molecule has 0 unspecified atom stereocenters. The number of anilines is 2. The number of carbonyl (C=O) groups is 2. The van der Waals surface area contributed by atoms with E-state index in [1.807, 2.05) is 29.2 Å². The molecule has 38 heavy (non-hydrogen) atoms. The number of rotatable bonds is 3. The van der Waals surface area contributed by atoms with Crippen LogP contribution in [0.1, 0.15) is 15.9 Å². The molecule has 2 aromatic carbocycles. The molecule has 4 heterocycles. The van der Waals surface area contributed by atoms with Crippen molar-refractivity contribution in [1.29, 1.82) is 0 Å². The third-order valence-electron chi connectivity index (χ3n) is 6.31. The van der Waals surface area contributed by atoms with Crippen LogP contribution in [-0.4, -0.2) is 67.8 Å². The van der Waals surface area contributed by atoms with Crippen LogP contribution < -0.4 is 40.2 Å². The second-order valence-electron chi connectivity index (χ2n) is 8.84. The first-order valence-electron chi connectivity index (χ1n) is 12.0. The molecule has 3 aromatic rings. The van der Waals surface area contributed by atoms with Crippen LogP contribution in [0.2, 0.25) is 0 Å². The number of fused-ring (bicyclic) bond motifs is 7. The number of benzene rings is 2. The molecule has 0 aliphatic carbocycles. The summed E-state index contributed by atoms with van der Waals surface area (Å²) in [5, 5.41) is 5.89. The second-order valence-corrected chi connectivity index (χ2v) is 8.84. The summed E-state index contributed by atoms with van der Waals surface area (Å²) in [5.41, 5.74) is 7.12. The number of ether oxygens (including phenoxy) is 4. The van der Waals surface area contributed by atoms with Gasteiger partial charge in [0, 0.05) is 24.7 Å². The van der Waals surface area contributed by atoms with Crippen LogP contribution in [0, 0.1) is 0 Å². The highest BCUT2D eigenvalue weighted by molar-refractivity contribution is 5.95. The lowest BCUT2D eigenvalue weighted by Gasteiger charge is -2.21. The van der Waals surface area contributed by atoms with Crippen molar-refractivity contribution in [2.75, 3.05) is 44.5 Å². The summed E-state index contributed by atoms with van der Waals surface area (Å²) in [6, 6.07) is 13.5. The van der Waals surface area contributed by atoms with Crippen molar-refractivity contribution in [3.8, 4) is 23.1 Å². The summed E-state index contributed by atoms with van der Waals surface area (Å²) in [6.45, 7) is 0.940. The van der Waals surface area contributed by atoms with Crippen LogP contribution in [-0.2, 0) is 11.3 Å². The maximum absolute atomic E-state index is 13.3. The van der Waals surface area contributed by atoms with E-state index in [-0.39, 0.29) is 30.1 Å². The van der Waals surface area contributed by atoms with Crippen LogP contribution in [0.3, 0.4) is 0 Å². The summed E-state index contributed by atoms with van der Waals surface area (Å²) in [7, 11) is 3.00. The quantitative estimate of drug-likeness (QED) is 0.459. The summed E-state index contributed by atoms with van der Waals surface area (Å²) >= 11 is 0. The molecule has 4 bridgehead atoms. The Hall–Kier alpha value is -4.74. The van der Waals surface area contributed by atoms with Crippen LogP contribution in [0.4, 0.5) is 11.8 Å². The predicted octanol–water partition coefficient (Wildman–Crippen LogP) is 1.15. The fraction of sp³-hybridized carbons (Fsp3) is 0.308. The fourth-order valence-corrected chi connectivity index (χ4v) is 4.35. The van der Waals surface area contributed by atoms with Gasteiger partial charge in [-0.15, -0.1) is 0 Å². The van der Waals surface area contributed by atoms with Crippen molar-refractivity contribution in [1.82, 2.24) is 20.6 Å². The molecule has 12 nitrogen and oxygen atoms in total. The highest BCUT2D eigenvalue weighted by atomic mass is 16.5. The fourth-order valence-electron chi connectivity index (χ4n) is 4.35. The summed E-state index contributed by atoms with van der Waals surface area (Å²) in [5.74, 6) is 1.67. The highest BCUT2D eigenvalue weighted by Gasteiger charge is 2.37. The number of amides is 2. The molecule has 6 rings (SSSR count). The first-order chi connectivity index (χ1) is 18.4. The molecule has 12 heteroatoms. The topological polar surface area (TPSA) is 150 Å². The first-order valence-corrected chi connectivity index (χ1v) is 12.0. The minimum Gasteiger partial charge on any atom is -0.493 e. The number of nitrogens with two attached hydrogens (primary N) is 1. The van der Waals surface area contributed by atoms with Crippen molar-refractivity contribution in [3.05, 3.63) is 59.7 Å². The largest absolute Gasteiger partial charge is 0.493 e. The van der Waals surface area contributed by atoms with Crippen LogP contribution in [0.25, 0.3) is 0 Å². The van der Waals surface area contributed by atoms with Gasteiger partial charge in [-0.3, -0.25) is 9.59 Å². The Morgan fingerprint density at radius 1 is 1.03 bits per heavy atom. The third-order valence-corrected chi connectivity index (χ3v) is 6.31. The van der Waals surface area contributed by atoms with Gasteiger partial charge < -0.3 is 40.2 Å². The van der Waals surface area contributed by atoms with Crippen molar-refractivity contribution >= 4 is 23.6 Å². The zero-order valence-corrected chi connectivity index (χ0v) is 21.0. The Balaban J connectivity index is 1.47. The van der Waals surface area contributed by atoms with Gasteiger partial charge in [0.2, 0.25) is 11.8 Å². The van der Waals surface area contributed by atoms with Crippen LogP contribution in [0.15, 0.2) is 48.5 Å². The Morgan fingerprint density at radius 2 is 1.84 bits per heavy atom. The van der Waals surface area contributed by atoms with Gasteiger partial charge in [0.15, 0.2) is 18.1 Å². The Labute approximate surface area is 219 Å². The molecule has 198 valence electrons. The Kier molecular flexibility index (Phi) is 7.03. The Bertz CT molecular complexity index is 1330. The molecule has 1 aromatic heterocycles. The molecule has 1 saturated heterocycles. The SMILES string of the molecule is COc1cc(N2C[C@@H]3NC(=O)c4ccc(OC)c(c4)OCC(=O)NCc4ccc(cc4)O[C@H]3C2)nc(N)n1. The predicted molar refractivity (Wildman–Crippen MR) is 138 cm³/mol. The molecule has 2 atom stereocenters. The third kappa shape index (κ3) is 5.48. The van der Waals surface area contributed by atoms with Crippen LogP contribution >= 0.6 is 0 Å². The van der Waals surface area contributed by atoms with E-state index >= 15 is 0 Å². The van der Waals surface area contributed by atoms with Crippen LogP contribution in [0.5, 0.6) is 23.1 Å². The number of hydrogen-bond acceptors (Lipinski definition) is 10. The van der Waals surface area contributed by atoms with Gasteiger partial charge in [-0.25, -0.2) is 0 Å². The number of hydrogen-bond donors (Lipinski definition) is 3. The smallest absolute Gasteiger partial charge is 0.258 e. The first kappa shape index (κ1) is 24.9. The maximum Gasteiger partial charge on any atom is 0.258 e. The van der Waals surface area contributed by atoms with Gasteiger partial charge in [-0.1, -0.05) is 12.1 Å². The summed E-state index contributed by atoms with van der Waals surface area (Å²) < 4.78 is 22.6. The lowest BCUT2D eigenvalue weighted by Crippen LogP contribution is -2.45. The van der Waals surface area contributed by atoms with E-state index in [9.17, 15) is 9.59 Å². The lowest BCUT2D eigenvalue weighted by molar-refractivity contribution is -0.123. The zero-order chi connectivity index (χ0) is 26.6. The van der Waals surface area contributed by atoms with E-state index in [1.165, 1.54) is 14.2 Å². The van der Waals surface area contributed by atoms with Gasteiger partial charge in [0.25, 0.3) is 11.8 Å². The van der Waals surface area contributed by atoms with Crippen molar-refractivity contribution in [2.24, 2.45) is 0 Å². The van der Waals surface area contributed by atoms with Gasteiger partial charge in [0.1, 0.15) is 17.7 Å². The van der Waals surface area contributed by atoms with E-state index in [0.717, 1.165) is 5.56 Å². The molecule has 1 fully saturated rings. The second kappa shape index (κ2) is 10.7. The summed E-state index contributed by atoms with van der Waals surface area (Å²) in [6.07, 6.45) is -0.406. The molecule has 0 radical (unpaired) electrons. The minimum absolute atomic E-state index is 0.0826. The van der Waals surface area contributed by atoms with Crippen molar-refractivity contribution in [2.45, 2.75) is 18.7 Å². The molecular formula is C26H28N6O6. The molecule has 0 spiro atoms. The molecule has 0 saturated carbocycles. The van der Waals surface area contributed by atoms with E-state index in [2.05, 4.69) is 20.6 Å². The van der Waals surface area contributed by atoms with Gasteiger partial charge in [0.05, 0.1) is 26.8 Å². The zero-order valence-electron chi connectivity index (χ0n) is 21.0. The normalized spacial score (nSPS) is 19.4. The van der Waals surface area contributed by atoms with E-state index in [0.29, 0.717) is 48.4 Å². The standard InChI is InChI=1S/C26H28N6O6/c1-35-19-8-5-16-9-20(19)37-14-23(33)28-11-15-3-6-17(7-4-15)38-21-13-32(12-18(21)29-25(16)34)22-10-24(36-2)31-26(27)30-22/h3-10,18,21H,11-14H2,1-2H3,(H,28,33)(H,29,34)(H2,27,30,31)/t18-,21-/m0/s1. The molecule has 3 aliphatic rings. The summed E-state index contributed by atoms with van der Waals surface area (Å²) in [4.78, 5) is 36.0. The number of nitrogens with one attached hydrogen (secondary N) is 2. The average Bonchev–Trinajstić information content (AvgIpc) is 3.32. The van der Waals surface area contributed by atoms with Crippen molar-refractivity contribution in [3.63, 3.8) is 0 Å². The monoisotopic (exact) mass is 520 g/mol. The van der Waals surface area contributed by atoms with E-state index in [1.54, 1.807) is 24.3 Å². The maximum atomic E-state index is 13.3. The highest BCUT2D eigenvalue weighted by Crippen LogP contribution is 2.29. The molecule has 4 N–H and O–H groups in total. The van der Waals surface area contributed by atoms with Crippen molar-refractivity contribution < 1.29 is 28.5 Å². The molecular weight excluding hydrogens is 492 g/mol. The van der Waals surface area contributed by atoms with Gasteiger partial charge in [-0.05, 0) is 35.9 Å². The number of nitrogen functional groups attached to an aromatic ring is 1. The molecule has 3 aliphatic heterocycles. The number of aromatic nitrogens is 2. The van der Waals surface area contributed by atoms with E-state index < -0.39 is 12.1 Å². The lowest BCUT2D eigenvalue weighted by atomic mass is 10.1. The van der Waals surface area contributed by atoms with Gasteiger partial charge >= 0.3 is 0 Å². The van der Waals surface area contributed by atoms with E-state index in [4.69, 9.17) is 24.7 Å². The van der Waals surface area contributed by atoms with Gasteiger partial charge in [-0.2, -0.15) is 9.97 Å². The average molecular weight is 521 g/mol. The number of nitrogens with zero attached hydrogens (tertiary/aromatic N) is 3. The molecule has 2 amide bonds. The Morgan fingerprint density at radius 3 is 2.61 bits per heavy atom. The number of methoxy groups -OCH3 is 2. The minimum atomic E-state index is -0.406.